The maximum Gasteiger partial charge on any atom is 0.416 e. The van der Waals surface area contributed by atoms with Crippen LogP contribution in [0.25, 0.3) is 0 Å². The van der Waals surface area contributed by atoms with Gasteiger partial charge in [-0.2, -0.15) is 44.9 Å². The predicted molar refractivity (Wildman–Crippen MR) is 183 cm³/mol. The van der Waals surface area contributed by atoms with Crippen molar-refractivity contribution in [2.45, 2.75) is 110 Å². The van der Waals surface area contributed by atoms with Crippen LogP contribution in [0.15, 0.2) is 58.9 Å². The molecule has 0 aromatic heterocycles. The minimum absolute atomic E-state index is 0.0559. The van der Waals surface area contributed by atoms with E-state index in [-0.39, 0.29) is 23.5 Å². The first-order chi connectivity index (χ1) is 24.0. The van der Waals surface area contributed by atoms with Crippen LogP contribution in [0.1, 0.15) is 94.9 Å². The second-order valence-electron chi connectivity index (χ2n) is 12.9. The summed E-state index contributed by atoms with van der Waals surface area (Å²) in [4.78, 5) is 12.2. The van der Waals surface area contributed by atoms with E-state index in [9.17, 15) is 44.3 Å². The van der Waals surface area contributed by atoms with Crippen molar-refractivity contribution in [2.75, 3.05) is 25.5 Å². The number of aliphatic carboxylic acids is 1. The SMILES string of the molecule is C=C.CC(=C/C(C)C(F)(F)F)/C=C(\C)C(F)(F)F.Cc1cc2c(cc1C(F)(F)F)N(C)CCCC2NC1N=NN(C)N1.O=C(O)CC1CCCCC1. The fourth-order valence-electron chi connectivity index (χ4n) is 5.83. The summed E-state index contributed by atoms with van der Waals surface area (Å²) in [6.45, 7) is 11.1. The van der Waals surface area contributed by atoms with E-state index in [1.807, 2.05) is 11.9 Å². The molecule has 8 nitrogen and oxygen atoms in total. The minimum atomic E-state index is -4.50. The molecule has 0 bridgehead atoms. The Morgan fingerprint density at radius 3 is 2.10 bits per heavy atom. The molecule has 1 aromatic rings. The number of benzene rings is 1. The number of fused-ring (bicyclic) bond motifs is 1. The first-order valence-electron chi connectivity index (χ1n) is 16.8. The molecule has 296 valence electrons. The lowest BCUT2D eigenvalue weighted by atomic mass is 9.87. The number of alkyl halides is 9. The second-order valence-corrected chi connectivity index (χ2v) is 12.9. The van der Waals surface area contributed by atoms with E-state index in [1.165, 1.54) is 44.3 Å². The number of carboxylic acids is 1. The van der Waals surface area contributed by atoms with Crippen LogP contribution in [-0.2, 0) is 11.0 Å². The summed E-state index contributed by atoms with van der Waals surface area (Å²) in [5.74, 6) is -1.91. The van der Waals surface area contributed by atoms with E-state index in [0.717, 1.165) is 51.2 Å². The van der Waals surface area contributed by atoms with E-state index in [0.29, 0.717) is 30.6 Å². The van der Waals surface area contributed by atoms with Crippen molar-refractivity contribution in [3.05, 3.63) is 65.3 Å². The van der Waals surface area contributed by atoms with Gasteiger partial charge in [0.2, 0.25) is 0 Å². The maximum absolute atomic E-state index is 13.2. The van der Waals surface area contributed by atoms with E-state index in [4.69, 9.17) is 5.11 Å². The highest BCUT2D eigenvalue weighted by Crippen LogP contribution is 2.40. The Morgan fingerprint density at radius 2 is 1.62 bits per heavy atom. The number of hydrazine groups is 1. The third kappa shape index (κ3) is 16.0. The Balaban J connectivity index is 0.000000417. The molecular formula is C35H51F9N6O2. The molecule has 4 rings (SSSR count). The van der Waals surface area contributed by atoms with Crippen molar-refractivity contribution in [3.63, 3.8) is 0 Å². The third-order valence-corrected chi connectivity index (χ3v) is 8.53. The van der Waals surface area contributed by atoms with Crippen LogP contribution in [0.5, 0.6) is 0 Å². The quantitative estimate of drug-likeness (QED) is 0.152. The Hall–Kier alpha value is -3.60. The van der Waals surface area contributed by atoms with Crippen LogP contribution < -0.4 is 15.6 Å². The summed E-state index contributed by atoms with van der Waals surface area (Å²) in [6, 6.07) is 2.82. The molecule has 3 N–H and O–H groups in total. The lowest BCUT2D eigenvalue weighted by molar-refractivity contribution is -0.156. The van der Waals surface area contributed by atoms with E-state index in [1.54, 1.807) is 13.1 Å². The zero-order chi connectivity index (χ0) is 40.0. The van der Waals surface area contributed by atoms with Gasteiger partial charge < -0.3 is 10.0 Å². The number of halogens is 9. The van der Waals surface area contributed by atoms with Gasteiger partial charge >= 0.3 is 24.5 Å². The van der Waals surface area contributed by atoms with E-state index >= 15 is 0 Å². The lowest BCUT2D eigenvalue weighted by Gasteiger charge is -2.26. The number of nitrogens with zero attached hydrogens (tertiary/aromatic N) is 4. The number of nitrogens with one attached hydrogen (secondary N) is 2. The molecule has 1 aromatic carbocycles. The summed E-state index contributed by atoms with van der Waals surface area (Å²) in [7, 11) is 3.57. The zero-order valence-electron chi connectivity index (χ0n) is 30.4. The molecule has 2 aliphatic heterocycles. The van der Waals surface area contributed by atoms with Gasteiger partial charge in [-0.05, 0) is 69.6 Å². The number of hydrogen-bond donors (Lipinski definition) is 3. The van der Waals surface area contributed by atoms with Gasteiger partial charge in [0.25, 0.3) is 0 Å². The molecule has 1 saturated carbocycles. The Bertz CT molecular complexity index is 1370. The standard InChI is InChI=1S/C15H21F3N6.C10H12F6.C8H14O2.C2H4/c1-9-7-10-12(19-14-20-22-24(3)21-14)5-4-6-23(2)13(10)8-11(9)15(16,17)18;1-6(4-7(2)9(11,12)13)5-8(3)10(14,15)16;9-8(10)6-7-4-2-1-3-5-7;1-2/h7-8,12,14,19,21H,4-6H2,1-3H3;4-5,7H,1-3H3;7H,1-6H2,(H,9,10);1-2H2/b;6-4-,8-5+;;. The smallest absolute Gasteiger partial charge is 0.416 e. The molecule has 0 spiro atoms. The molecular weight excluding hydrogens is 707 g/mol. The summed E-state index contributed by atoms with van der Waals surface area (Å²) in [5.41, 5.74) is 3.18. The van der Waals surface area contributed by atoms with Crippen molar-refractivity contribution >= 4 is 11.7 Å². The highest BCUT2D eigenvalue weighted by Gasteiger charge is 2.36. The molecule has 1 fully saturated rings. The van der Waals surface area contributed by atoms with Crippen molar-refractivity contribution in [2.24, 2.45) is 22.2 Å². The maximum atomic E-state index is 13.2. The number of hydrogen-bond acceptors (Lipinski definition) is 7. The predicted octanol–water partition coefficient (Wildman–Crippen LogP) is 10.5. The molecule has 3 unspecified atom stereocenters. The van der Waals surface area contributed by atoms with E-state index < -0.39 is 41.6 Å². The Kier molecular flexibility index (Phi) is 18.4. The highest BCUT2D eigenvalue weighted by molar-refractivity contribution is 5.67. The number of anilines is 1. The van der Waals surface area contributed by atoms with Gasteiger partial charge in [-0.15, -0.1) is 18.3 Å². The summed E-state index contributed by atoms with van der Waals surface area (Å²) >= 11 is 0. The van der Waals surface area contributed by atoms with Gasteiger partial charge in [0.05, 0.1) is 11.5 Å². The average Bonchev–Trinajstić information content (AvgIpc) is 3.38. The Morgan fingerprint density at radius 1 is 1.02 bits per heavy atom. The van der Waals surface area contributed by atoms with Crippen LogP contribution in [0.2, 0.25) is 0 Å². The number of carbonyl (C=O) groups is 1. The molecule has 3 atom stereocenters. The second kappa shape index (κ2) is 20.6. The summed E-state index contributed by atoms with van der Waals surface area (Å²) in [5, 5.41) is 21.2. The molecule has 0 saturated heterocycles. The topological polar surface area (TPSA) is 92.6 Å². The highest BCUT2D eigenvalue weighted by atomic mass is 19.4. The first-order valence-corrected chi connectivity index (χ1v) is 16.8. The number of carboxylic acid groups (broad SMARTS) is 1. The molecule has 3 aliphatic rings. The monoisotopic (exact) mass is 758 g/mol. The first kappa shape index (κ1) is 46.4. The lowest BCUT2D eigenvalue weighted by Crippen LogP contribution is -2.43. The summed E-state index contributed by atoms with van der Waals surface area (Å²) in [6.07, 6.45) is -4.08. The van der Waals surface area contributed by atoms with Crippen molar-refractivity contribution in [1.29, 1.82) is 0 Å². The van der Waals surface area contributed by atoms with Crippen molar-refractivity contribution < 1.29 is 49.4 Å². The number of aryl methyl sites for hydroxylation is 1. The number of allylic oxidation sites excluding steroid dienone is 4. The van der Waals surface area contributed by atoms with Crippen LogP contribution in [0, 0.1) is 18.8 Å². The molecule has 0 radical (unpaired) electrons. The minimum Gasteiger partial charge on any atom is -0.481 e. The third-order valence-electron chi connectivity index (χ3n) is 8.53. The van der Waals surface area contributed by atoms with Gasteiger partial charge in [0.1, 0.15) is 0 Å². The van der Waals surface area contributed by atoms with Crippen LogP contribution in [0.3, 0.4) is 0 Å². The van der Waals surface area contributed by atoms with Crippen LogP contribution in [-0.4, -0.2) is 55.5 Å². The van der Waals surface area contributed by atoms with Gasteiger partial charge in [-0.25, -0.2) is 5.12 Å². The molecule has 52 heavy (non-hydrogen) atoms. The Labute approximate surface area is 299 Å². The zero-order valence-corrected chi connectivity index (χ0v) is 30.4. The van der Waals surface area contributed by atoms with E-state index in [2.05, 4.69) is 34.2 Å². The fraction of sp³-hybridized carbons (Fsp3) is 0.629. The van der Waals surface area contributed by atoms with Gasteiger partial charge in [0, 0.05) is 44.4 Å². The van der Waals surface area contributed by atoms with Crippen LogP contribution in [0.4, 0.5) is 45.2 Å². The van der Waals surface area contributed by atoms with Crippen molar-refractivity contribution in [1.82, 2.24) is 15.9 Å². The van der Waals surface area contributed by atoms with Crippen LogP contribution >= 0.6 is 0 Å². The largest absolute Gasteiger partial charge is 0.481 e. The summed E-state index contributed by atoms with van der Waals surface area (Å²) < 4.78 is 112. The van der Waals surface area contributed by atoms with Gasteiger partial charge in [-0.3, -0.25) is 10.1 Å². The molecule has 0 amide bonds. The molecule has 2 heterocycles. The normalized spacial score (nSPS) is 20.7. The average molecular weight is 759 g/mol. The fourth-order valence-corrected chi connectivity index (χ4v) is 5.83. The molecule has 17 heteroatoms. The molecule has 1 aliphatic carbocycles. The van der Waals surface area contributed by atoms with Gasteiger partial charge in [0.15, 0.2) is 6.29 Å². The van der Waals surface area contributed by atoms with Crippen molar-refractivity contribution in [3.8, 4) is 0 Å². The van der Waals surface area contributed by atoms with Gasteiger partial charge in [-0.1, -0.05) is 55.2 Å². The number of rotatable bonds is 6.